The van der Waals surface area contributed by atoms with Crippen molar-refractivity contribution < 1.29 is 19.6 Å². The van der Waals surface area contributed by atoms with Gasteiger partial charge in [-0.3, -0.25) is 14.5 Å². The summed E-state index contributed by atoms with van der Waals surface area (Å²) in [6, 6.07) is 2.73. The molecule has 0 saturated carbocycles. The molecule has 9 nitrogen and oxygen atoms in total. The van der Waals surface area contributed by atoms with E-state index in [1.165, 1.54) is 23.7 Å². The van der Waals surface area contributed by atoms with Gasteiger partial charge in [-0.25, -0.2) is 4.57 Å². The van der Waals surface area contributed by atoms with Crippen LogP contribution >= 0.6 is 0 Å². The summed E-state index contributed by atoms with van der Waals surface area (Å²) in [5, 5.41) is 19.5. The van der Waals surface area contributed by atoms with Gasteiger partial charge in [-0.2, -0.15) is 0 Å². The van der Waals surface area contributed by atoms with E-state index < -0.39 is 10.9 Å². The summed E-state index contributed by atoms with van der Waals surface area (Å²) in [6.45, 7) is 1.73. The van der Waals surface area contributed by atoms with Crippen molar-refractivity contribution in [3.63, 3.8) is 0 Å². The first-order valence-electron chi connectivity index (χ1n) is 6.43. The van der Waals surface area contributed by atoms with Crippen molar-refractivity contribution in [3.05, 3.63) is 27.9 Å². The van der Waals surface area contributed by atoms with E-state index in [1.54, 1.807) is 9.80 Å². The number of nitrogens with zero attached hydrogens (tertiary/aromatic N) is 4. The first-order valence-corrected chi connectivity index (χ1v) is 6.43. The summed E-state index contributed by atoms with van der Waals surface area (Å²) in [6.07, 6.45) is 0. The molecule has 0 radical (unpaired) electrons. The molecule has 0 atom stereocenters. The van der Waals surface area contributed by atoms with Crippen LogP contribution in [0.15, 0.2) is 12.1 Å². The lowest BCUT2D eigenvalue weighted by Gasteiger charge is -2.33. The van der Waals surface area contributed by atoms with Crippen LogP contribution in [0, 0.1) is 10.1 Å². The number of carboxylic acids is 1. The van der Waals surface area contributed by atoms with Crippen molar-refractivity contribution in [2.45, 2.75) is 0 Å². The summed E-state index contributed by atoms with van der Waals surface area (Å²) in [7, 11) is 1.48. The quantitative estimate of drug-likeness (QED) is 0.607. The van der Waals surface area contributed by atoms with Gasteiger partial charge in [0.25, 0.3) is 5.91 Å². The fraction of sp³-hybridized carbons (Fsp3) is 0.500. The molecule has 0 bridgehead atoms. The lowest BCUT2D eigenvalue weighted by molar-refractivity contribution is -0.391. The number of piperazine rings is 1. The normalized spacial score (nSPS) is 16.0. The molecule has 1 aliphatic heterocycles. The van der Waals surface area contributed by atoms with E-state index in [1.807, 2.05) is 0 Å². The van der Waals surface area contributed by atoms with Crippen LogP contribution in [0.5, 0.6) is 0 Å². The maximum Gasteiger partial charge on any atom is 0.323 e. The van der Waals surface area contributed by atoms with Crippen LogP contribution in [-0.4, -0.2) is 69.0 Å². The highest BCUT2D eigenvalue weighted by molar-refractivity contribution is 5.93. The molecular formula is C12H16N4O5. The first kappa shape index (κ1) is 15.0. The number of nitro groups is 1. The van der Waals surface area contributed by atoms with E-state index in [4.69, 9.17) is 5.11 Å². The molecular weight excluding hydrogens is 280 g/mol. The van der Waals surface area contributed by atoms with Crippen molar-refractivity contribution in [1.29, 1.82) is 0 Å². The number of carboxylic acid groups (broad SMARTS) is 1. The van der Waals surface area contributed by atoms with Gasteiger partial charge in [0.05, 0.1) is 13.6 Å². The standard InChI is InChI=1S/C12H16N4O5/c1-13-9(2-3-10(13)16(20)21)12(19)15-6-4-14(5-7-15)8-11(17)18/h2-3H,4-8H2,1H3,(H,17,18). The zero-order chi connectivity index (χ0) is 15.6. The fourth-order valence-corrected chi connectivity index (χ4v) is 2.36. The largest absolute Gasteiger partial charge is 0.480 e. The third kappa shape index (κ3) is 3.19. The third-order valence-electron chi connectivity index (χ3n) is 3.52. The predicted octanol–water partition coefficient (Wildman–Crippen LogP) is -0.224. The van der Waals surface area contributed by atoms with Crippen LogP contribution in [0.3, 0.4) is 0 Å². The molecule has 1 aromatic rings. The Kier molecular flexibility index (Phi) is 4.22. The van der Waals surface area contributed by atoms with E-state index in [2.05, 4.69) is 0 Å². The third-order valence-corrected chi connectivity index (χ3v) is 3.52. The van der Waals surface area contributed by atoms with Crippen LogP contribution in [0.4, 0.5) is 5.82 Å². The van der Waals surface area contributed by atoms with E-state index in [0.717, 1.165) is 0 Å². The van der Waals surface area contributed by atoms with Gasteiger partial charge >= 0.3 is 11.8 Å². The van der Waals surface area contributed by atoms with Crippen LogP contribution in [0.1, 0.15) is 10.5 Å². The van der Waals surface area contributed by atoms with E-state index in [0.29, 0.717) is 26.2 Å². The summed E-state index contributed by atoms with van der Waals surface area (Å²) in [5.41, 5.74) is 0.258. The molecule has 114 valence electrons. The van der Waals surface area contributed by atoms with E-state index >= 15 is 0 Å². The van der Waals surface area contributed by atoms with Crippen molar-refractivity contribution in [2.24, 2.45) is 7.05 Å². The van der Waals surface area contributed by atoms with Crippen molar-refractivity contribution in [1.82, 2.24) is 14.4 Å². The van der Waals surface area contributed by atoms with Gasteiger partial charge in [0.15, 0.2) is 5.69 Å². The number of carbonyl (C=O) groups is 2. The summed E-state index contributed by atoms with van der Waals surface area (Å²) in [4.78, 5) is 36.5. The smallest absolute Gasteiger partial charge is 0.323 e. The maximum absolute atomic E-state index is 12.3. The minimum atomic E-state index is -0.896. The Hall–Kier alpha value is -2.42. The lowest BCUT2D eigenvalue weighted by atomic mass is 10.2. The van der Waals surface area contributed by atoms with Crippen LogP contribution in [-0.2, 0) is 11.8 Å². The molecule has 0 unspecified atom stereocenters. The Morgan fingerprint density at radius 1 is 1.29 bits per heavy atom. The predicted molar refractivity (Wildman–Crippen MR) is 72.0 cm³/mol. The SMILES string of the molecule is Cn1c(C(=O)N2CCN(CC(=O)O)CC2)ccc1[N+](=O)[O-]. The second-order valence-corrected chi connectivity index (χ2v) is 4.85. The summed E-state index contributed by atoms with van der Waals surface area (Å²) in [5.74, 6) is -1.31. The van der Waals surface area contributed by atoms with Crippen LogP contribution in [0.2, 0.25) is 0 Å². The van der Waals surface area contributed by atoms with Crippen LogP contribution < -0.4 is 0 Å². The zero-order valence-corrected chi connectivity index (χ0v) is 11.6. The molecule has 1 amide bonds. The van der Waals surface area contributed by atoms with Crippen molar-refractivity contribution in [3.8, 4) is 0 Å². The molecule has 1 saturated heterocycles. The second kappa shape index (κ2) is 5.92. The minimum absolute atomic E-state index is 0.0440. The molecule has 21 heavy (non-hydrogen) atoms. The fourth-order valence-electron chi connectivity index (χ4n) is 2.36. The number of carbonyl (C=O) groups excluding carboxylic acids is 1. The Morgan fingerprint density at radius 3 is 2.38 bits per heavy atom. The van der Waals surface area contributed by atoms with Gasteiger partial charge in [-0.15, -0.1) is 0 Å². The Bertz CT molecular complexity index is 574. The maximum atomic E-state index is 12.3. The van der Waals surface area contributed by atoms with Gasteiger partial charge < -0.3 is 20.1 Å². The lowest BCUT2D eigenvalue weighted by Crippen LogP contribution is -2.50. The topological polar surface area (TPSA) is 109 Å². The monoisotopic (exact) mass is 296 g/mol. The zero-order valence-electron chi connectivity index (χ0n) is 11.6. The number of aromatic nitrogens is 1. The Labute approximate surface area is 120 Å². The Balaban J connectivity index is 2.02. The number of hydrogen-bond acceptors (Lipinski definition) is 5. The van der Waals surface area contributed by atoms with Gasteiger partial charge in [0, 0.05) is 32.2 Å². The molecule has 2 rings (SSSR count). The number of rotatable bonds is 4. The average molecular weight is 296 g/mol. The highest BCUT2D eigenvalue weighted by Gasteiger charge is 2.28. The molecule has 0 aromatic carbocycles. The molecule has 1 fully saturated rings. The average Bonchev–Trinajstić information content (AvgIpc) is 2.80. The molecule has 0 aliphatic carbocycles. The van der Waals surface area contributed by atoms with Gasteiger partial charge in [0.1, 0.15) is 0 Å². The Morgan fingerprint density at radius 2 is 1.90 bits per heavy atom. The molecule has 2 heterocycles. The highest BCUT2D eigenvalue weighted by Crippen LogP contribution is 2.17. The molecule has 9 heteroatoms. The molecule has 1 aliphatic rings. The molecule has 1 aromatic heterocycles. The second-order valence-electron chi connectivity index (χ2n) is 4.85. The summed E-state index contributed by atoms with van der Waals surface area (Å²) < 4.78 is 1.26. The number of amides is 1. The van der Waals surface area contributed by atoms with Gasteiger partial charge in [0.2, 0.25) is 0 Å². The number of aliphatic carboxylic acids is 1. The highest BCUT2D eigenvalue weighted by atomic mass is 16.6. The molecule has 1 N–H and O–H groups in total. The van der Waals surface area contributed by atoms with E-state index in [-0.39, 0.29) is 24.0 Å². The van der Waals surface area contributed by atoms with Crippen molar-refractivity contribution in [2.75, 3.05) is 32.7 Å². The van der Waals surface area contributed by atoms with E-state index in [9.17, 15) is 19.7 Å². The first-order chi connectivity index (χ1) is 9.90. The van der Waals surface area contributed by atoms with Crippen LogP contribution in [0.25, 0.3) is 0 Å². The minimum Gasteiger partial charge on any atom is -0.480 e. The summed E-state index contributed by atoms with van der Waals surface area (Å²) >= 11 is 0. The molecule has 0 spiro atoms. The van der Waals surface area contributed by atoms with Crippen molar-refractivity contribution >= 4 is 17.7 Å². The van der Waals surface area contributed by atoms with Gasteiger partial charge in [-0.05, 0) is 11.0 Å². The number of hydrogen-bond donors (Lipinski definition) is 1. The van der Waals surface area contributed by atoms with Gasteiger partial charge in [-0.1, -0.05) is 0 Å².